The first-order valence-corrected chi connectivity index (χ1v) is 8.87. The van der Waals surface area contributed by atoms with Gasteiger partial charge in [0, 0.05) is 12.1 Å². The second-order valence-corrected chi connectivity index (χ2v) is 6.06. The number of urea groups is 1. The summed E-state index contributed by atoms with van der Waals surface area (Å²) in [5.74, 6) is -1.13. The number of nitrogens with zero attached hydrogens (tertiary/aromatic N) is 1. The SMILES string of the molecule is O=C(CNC(=O)NCc1ccccc1)NNC(=O)c1cc(-c2ccccc2)n[nH]1. The lowest BCUT2D eigenvalue weighted by Gasteiger charge is -2.09. The Labute approximate surface area is 166 Å². The van der Waals surface area contributed by atoms with Gasteiger partial charge >= 0.3 is 6.03 Å². The molecule has 0 spiro atoms. The van der Waals surface area contributed by atoms with Crippen molar-refractivity contribution in [2.75, 3.05) is 6.54 Å². The third kappa shape index (κ3) is 5.93. The van der Waals surface area contributed by atoms with Crippen molar-refractivity contribution in [2.45, 2.75) is 6.54 Å². The molecule has 2 aromatic carbocycles. The number of benzene rings is 2. The molecule has 29 heavy (non-hydrogen) atoms. The lowest BCUT2D eigenvalue weighted by molar-refractivity contribution is -0.120. The first-order chi connectivity index (χ1) is 14.1. The van der Waals surface area contributed by atoms with Crippen molar-refractivity contribution in [3.63, 3.8) is 0 Å². The molecule has 148 valence electrons. The fraction of sp³-hybridized carbons (Fsp3) is 0.100. The molecule has 9 nitrogen and oxygen atoms in total. The van der Waals surface area contributed by atoms with Gasteiger partial charge in [-0.25, -0.2) is 4.79 Å². The number of hydrazine groups is 1. The zero-order valence-corrected chi connectivity index (χ0v) is 15.4. The smallest absolute Gasteiger partial charge is 0.315 e. The third-order valence-corrected chi connectivity index (χ3v) is 3.91. The highest BCUT2D eigenvalue weighted by Gasteiger charge is 2.12. The van der Waals surface area contributed by atoms with Gasteiger partial charge < -0.3 is 10.6 Å². The van der Waals surface area contributed by atoms with Crippen LogP contribution in [0.2, 0.25) is 0 Å². The molecular weight excluding hydrogens is 372 g/mol. The van der Waals surface area contributed by atoms with E-state index in [1.165, 1.54) is 0 Å². The van der Waals surface area contributed by atoms with E-state index >= 15 is 0 Å². The minimum Gasteiger partial charge on any atom is -0.334 e. The predicted octanol–water partition coefficient (Wildman–Crippen LogP) is 1.34. The van der Waals surface area contributed by atoms with Crippen LogP contribution in [0.15, 0.2) is 66.7 Å². The number of hydrogen-bond donors (Lipinski definition) is 5. The van der Waals surface area contributed by atoms with Gasteiger partial charge in [-0.1, -0.05) is 60.7 Å². The minimum atomic E-state index is -0.573. The van der Waals surface area contributed by atoms with E-state index in [1.54, 1.807) is 6.07 Å². The minimum absolute atomic E-state index is 0.192. The summed E-state index contributed by atoms with van der Waals surface area (Å²) in [5.41, 5.74) is 7.09. The molecule has 0 bridgehead atoms. The van der Waals surface area contributed by atoms with Gasteiger partial charge in [0.2, 0.25) is 0 Å². The van der Waals surface area contributed by atoms with Gasteiger partial charge in [0.25, 0.3) is 11.8 Å². The van der Waals surface area contributed by atoms with Gasteiger partial charge in [0.15, 0.2) is 0 Å². The molecule has 0 aliphatic carbocycles. The van der Waals surface area contributed by atoms with E-state index in [9.17, 15) is 14.4 Å². The third-order valence-electron chi connectivity index (χ3n) is 3.91. The number of aromatic amines is 1. The van der Waals surface area contributed by atoms with E-state index in [2.05, 4.69) is 31.7 Å². The van der Waals surface area contributed by atoms with Crippen LogP contribution in [0.3, 0.4) is 0 Å². The van der Waals surface area contributed by atoms with Crippen molar-refractivity contribution in [2.24, 2.45) is 0 Å². The van der Waals surface area contributed by atoms with Crippen LogP contribution in [-0.2, 0) is 11.3 Å². The van der Waals surface area contributed by atoms with E-state index in [1.807, 2.05) is 60.7 Å². The fourth-order valence-electron chi connectivity index (χ4n) is 2.43. The molecular formula is C20H20N6O3. The number of amides is 4. The molecule has 3 aromatic rings. The van der Waals surface area contributed by atoms with E-state index in [0.29, 0.717) is 12.2 Å². The number of rotatable bonds is 6. The Balaban J connectivity index is 1.38. The summed E-state index contributed by atoms with van der Waals surface area (Å²) >= 11 is 0. The summed E-state index contributed by atoms with van der Waals surface area (Å²) in [4.78, 5) is 35.6. The van der Waals surface area contributed by atoms with E-state index in [4.69, 9.17) is 0 Å². The molecule has 1 heterocycles. The Morgan fingerprint density at radius 3 is 2.28 bits per heavy atom. The maximum Gasteiger partial charge on any atom is 0.315 e. The quantitative estimate of drug-likeness (QED) is 0.406. The van der Waals surface area contributed by atoms with Crippen LogP contribution in [0, 0.1) is 0 Å². The monoisotopic (exact) mass is 392 g/mol. The molecule has 3 rings (SSSR count). The van der Waals surface area contributed by atoms with Crippen molar-refractivity contribution in [1.29, 1.82) is 0 Å². The first-order valence-electron chi connectivity index (χ1n) is 8.87. The van der Waals surface area contributed by atoms with Gasteiger partial charge in [-0.15, -0.1) is 0 Å². The molecule has 0 fully saturated rings. The van der Waals surface area contributed by atoms with E-state index in [-0.39, 0.29) is 12.2 Å². The highest BCUT2D eigenvalue weighted by Crippen LogP contribution is 2.16. The highest BCUT2D eigenvalue weighted by atomic mass is 16.2. The Morgan fingerprint density at radius 1 is 0.862 bits per heavy atom. The molecule has 9 heteroatoms. The molecule has 0 aliphatic heterocycles. The standard InChI is InChI=1S/C20H20N6O3/c27-18(13-22-20(29)21-12-14-7-3-1-4-8-14)25-26-19(28)17-11-16(23-24-17)15-9-5-2-6-10-15/h1-11H,12-13H2,(H,23,24)(H,25,27)(H,26,28)(H2,21,22,29). The molecule has 4 amide bonds. The largest absolute Gasteiger partial charge is 0.334 e. The molecule has 1 aromatic heterocycles. The van der Waals surface area contributed by atoms with Crippen LogP contribution in [0.1, 0.15) is 16.1 Å². The van der Waals surface area contributed by atoms with Gasteiger partial charge in [0.05, 0.1) is 5.69 Å². The number of hydrogen-bond acceptors (Lipinski definition) is 4. The van der Waals surface area contributed by atoms with Crippen molar-refractivity contribution < 1.29 is 14.4 Å². The van der Waals surface area contributed by atoms with E-state index < -0.39 is 17.8 Å². The summed E-state index contributed by atoms with van der Waals surface area (Å²) in [7, 11) is 0. The zero-order chi connectivity index (χ0) is 20.5. The van der Waals surface area contributed by atoms with Crippen molar-refractivity contribution >= 4 is 17.8 Å². The molecule has 0 saturated heterocycles. The van der Waals surface area contributed by atoms with Gasteiger partial charge in [-0.2, -0.15) is 5.10 Å². The summed E-state index contributed by atoms with van der Waals surface area (Å²) in [5, 5.41) is 11.7. The second kappa shape index (κ2) is 9.70. The average Bonchev–Trinajstić information content (AvgIpc) is 3.26. The molecule has 0 aliphatic rings. The van der Waals surface area contributed by atoms with Crippen LogP contribution in [-0.4, -0.2) is 34.6 Å². The zero-order valence-electron chi connectivity index (χ0n) is 15.4. The Hall–Kier alpha value is -4.14. The number of aromatic nitrogens is 2. The Bertz CT molecular complexity index is 972. The van der Waals surface area contributed by atoms with Gasteiger partial charge in [0.1, 0.15) is 12.2 Å². The van der Waals surface area contributed by atoms with Crippen molar-refractivity contribution in [3.05, 3.63) is 78.0 Å². The van der Waals surface area contributed by atoms with E-state index in [0.717, 1.165) is 11.1 Å². The lowest BCUT2D eigenvalue weighted by atomic mass is 10.1. The highest BCUT2D eigenvalue weighted by molar-refractivity contribution is 5.95. The molecule has 0 saturated carbocycles. The molecule has 0 radical (unpaired) electrons. The number of carbonyl (C=O) groups excluding carboxylic acids is 3. The summed E-state index contributed by atoms with van der Waals surface area (Å²) in [6.45, 7) is 0.0493. The Kier molecular flexibility index (Phi) is 6.56. The fourth-order valence-corrected chi connectivity index (χ4v) is 2.43. The van der Waals surface area contributed by atoms with Gasteiger partial charge in [-0.05, 0) is 11.6 Å². The van der Waals surface area contributed by atoms with Gasteiger partial charge in [-0.3, -0.25) is 25.5 Å². The summed E-state index contributed by atoms with van der Waals surface area (Å²) in [6, 6.07) is 19.8. The van der Waals surface area contributed by atoms with Crippen molar-refractivity contribution in [1.82, 2.24) is 31.7 Å². The second-order valence-electron chi connectivity index (χ2n) is 6.06. The topological polar surface area (TPSA) is 128 Å². The number of carbonyl (C=O) groups is 3. The maximum absolute atomic E-state index is 12.1. The molecule has 0 unspecified atom stereocenters. The van der Waals surface area contributed by atoms with Crippen LogP contribution in [0.4, 0.5) is 4.79 Å². The maximum atomic E-state index is 12.1. The van der Waals surface area contributed by atoms with Crippen molar-refractivity contribution in [3.8, 4) is 11.3 Å². The van der Waals surface area contributed by atoms with Crippen LogP contribution >= 0.6 is 0 Å². The average molecular weight is 392 g/mol. The summed E-state index contributed by atoms with van der Waals surface area (Å²) < 4.78 is 0. The van der Waals surface area contributed by atoms with Crippen LogP contribution in [0.5, 0.6) is 0 Å². The normalized spacial score (nSPS) is 10.1. The Morgan fingerprint density at radius 2 is 1.55 bits per heavy atom. The molecule has 5 N–H and O–H groups in total. The number of nitrogens with one attached hydrogen (secondary N) is 5. The first kappa shape index (κ1) is 19.6. The number of H-pyrrole nitrogens is 1. The van der Waals surface area contributed by atoms with Crippen LogP contribution in [0.25, 0.3) is 11.3 Å². The van der Waals surface area contributed by atoms with Crippen LogP contribution < -0.4 is 21.5 Å². The lowest BCUT2D eigenvalue weighted by Crippen LogP contribution is -2.48. The predicted molar refractivity (Wildman–Crippen MR) is 106 cm³/mol. The molecule has 0 atom stereocenters. The summed E-state index contributed by atoms with van der Waals surface area (Å²) in [6.07, 6.45) is 0.